The first-order valence-electron chi connectivity index (χ1n) is 7.50. The van der Waals surface area contributed by atoms with Crippen LogP contribution in [0.3, 0.4) is 0 Å². The summed E-state index contributed by atoms with van der Waals surface area (Å²) in [5, 5.41) is 5.27. The van der Waals surface area contributed by atoms with Crippen LogP contribution in [0.5, 0.6) is 0 Å². The molecule has 0 aliphatic rings. The first-order valence-corrected chi connectivity index (χ1v) is 7.88. The molecule has 0 radical (unpaired) electrons. The third kappa shape index (κ3) is 4.22. The molecule has 0 bridgehead atoms. The third-order valence-corrected chi connectivity index (χ3v) is 4.29. The Balaban J connectivity index is 2.79. The van der Waals surface area contributed by atoms with Gasteiger partial charge in [0.15, 0.2) is 0 Å². The first kappa shape index (κ1) is 16.5. The quantitative estimate of drug-likeness (QED) is 0.791. The molecule has 1 rings (SSSR count). The zero-order chi connectivity index (χ0) is 14.4. The summed E-state index contributed by atoms with van der Waals surface area (Å²) in [6, 6.07) is 0.178. The molecule has 1 atom stereocenters. The zero-order valence-corrected chi connectivity index (χ0v) is 13.5. The van der Waals surface area contributed by atoms with Gasteiger partial charge in [0, 0.05) is 19.5 Å². The van der Waals surface area contributed by atoms with Crippen molar-refractivity contribution in [2.75, 3.05) is 0 Å². The van der Waals surface area contributed by atoms with Gasteiger partial charge >= 0.3 is 0 Å². The van der Waals surface area contributed by atoms with Gasteiger partial charge in [0.2, 0.25) is 0 Å². The van der Waals surface area contributed by atoms with Crippen molar-refractivity contribution >= 4 is 11.6 Å². The molecule has 0 aromatic carbocycles. The van der Waals surface area contributed by atoms with Gasteiger partial charge in [-0.25, -0.2) is 0 Å². The molecule has 1 heterocycles. The molecule has 4 heteroatoms. The molecule has 1 aromatic heterocycles. The molecule has 3 nitrogen and oxygen atoms in total. The minimum absolute atomic E-state index is 0.178. The Hall–Kier alpha value is -0.540. The number of nitrogens with two attached hydrogens (primary N) is 1. The third-order valence-electron chi connectivity index (χ3n) is 3.86. The van der Waals surface area contributed by atoms with Crippen molar-refractivity contribution in [3.05, 3.63) is 16.4 Å². The fraction of sp³-hybridized carbons (Fsp3) is 0.800. The molecular weight excluding hydrogens is 258 g/mol. The molecule has 110 valence electrons. The number of aromatic nitrogens is 2. The summed E-state index contributed by atoms with van der Waals surface area (Å²) < 4.78 is 1.90. The Morgan fingerprint density at radius 3 is 2.21 bits per heavy atom. The van der Waals surface area contributed by atoms with E-state index in [-0.39, 0.29) is 6.04 Å². The number of hydrogen-bond acceptors (Lipinski definition) is 2. The molecule has 0 aliphatic heterocycles. The van der Waals surface area contributed by atoms with Crippen molar-refractivity contribution < 1.29 is 0 Å². The van der Waals surface area contributed by atoms with Crippen LogP contribution in [0.25, 0.3) is 0 Å². The molecule has 0 saturated heterocycles. The minimum atomic E-state index is 0.178. The van der Waals surface area contributed by atoms with Crippen molar-refractivity contribution in [2.24, 2.45) is 18.7 Å². The van der Waals surface area contributed by atoms with Gasteiger partial charge in [0.25, 0.3) is 0 Å². The van der Waals surface area contributed by atoms with Crippen LogP contribution in [0, 0.1) is 5.92 Å². The molecule has 0 saturated carbocycles. The average Bonchev–Trinajstić information content (AvgIpc) is 2.65. The molecule has 2 N–H and O–H groups in total. The molecule has 0 amide bonds. The average molecular weight is 286 g/mol. The second kappa shape index (κ2) is 7.91. The van der Waals surface area contributed by atoms with E-state index in [0.717, 1.165) is 29.3 Å². The number of rotatable bonds is 8. The standard InChI is InChI=1S/C15H28ClN3/c1-5-8-11(9-6-2)12(17)10-14-15(16)13(7-3)18-19(14)4/h11-12H,5-10,17H2,1-4H3. The van der Waals surface area contributed by atoms with E-state index in [1.54, 1.807) is 0 Å². The maximum Gasteiger partial charge on any atom is 0.0850 e. The highest BCUT2D eigenvalue weighted by Crippen LogP contribution is 2.25. The van der Waals surface area contributed by atoms with E-state index in [0.29, 0.717) is 5.92 Å². The van der Waals surface area contributed by atoms with Crippen LogP contribution in [0.15, 0.2) is 0 Å². The first-order chi connectivity index (χ1) is 9.04. The Labute approximate surface area is 122 Å². The fourth-order valence-corrected chi connectivity index (χ4v) is 3.12. The normalized spacial score (nSPS) is 13.2. The van der Waals surface area contributed by atoms with Crippen molar-refractivity contribution in [1.29, 1.82) is 0 Å². The summed E-state index contributed by atoms with van der Waals surface area (Å²) in [5.41, 5.74) is 8.48. The predicted octanol–water partition coefficient (Wildman–Crippen LogP) is 3.72. The van der Waals surface area contributed by atoms with Crippen LogP contribution >= 0.6 is 11.6 Å². The summed E-state index contributed by atoms with van der Waals surface area (Å²) in [5.74, 6) is 0.589. The monoisotopic (exact) mass is 285 g/mol. The maximum atomic E-state index is 6.41. The predicted molar refractivity (Wildman–Crippen MR) is 82.6 cm³/mol. The second-order valence-electron chi connectivity index (χ2n) is 5.39. The van der Waals surface area contributed by atoms with Crippen LogP contribution in [-0.4, -0.2) is 15.8 Å². The highest BCUT2D eigenvalue weighted by atomic mass is 35.5. The SMILES string of the molecule is CCCC(CCC)C(N)Cc1c(Cl)c(CC)nn1C. The molecule has 1 unspecified atom stereocenters. The van der Waals surface area contributed by atoms with Gasteiger partial charge in [-0.15, -0.1) is 0 Å². The summed E-state index contributed by atoms with van der Waals surface area (Å²) in [6.45, 7) is 6.53. The van der Waals surface area contributed by atoms with Gasteiger partial charge in [-0.1, -0.05) is 45.2 Å². The lowest BCUT2D eigenvalue weighted by molar-refractivity contribution is 0.355. The molecule has 1 aromatic rings. The van der Waals surface area contributed by atoms with Gasteiger partial charge < -0.3 is 5.73 Å². The number of aryl methyl sites for hydroxylation is 2. The second-order valence-corrected chi connectivity index (χ2v) is 5.77. The molecule has 0 fully saturated rings. The summed E-state index contributed by atoms with van der Waals surface area (Å²) in [6.07, 6.45) is 6.48. The van der Waals surface area contributed by atoms with E-state index in [9.17, 15) is 0 Å². The van der Waals surface area contributed by atoms with Crippen molar-refractivity contribution in [2.45, 2.75) is 65.3 Å². The highest BCUT2D eigenvalue weighted by Gasteiger charge is 2.21. The van der Waals surface area contributed by atoms with Crippen LogP contribution in [-0.2, 0) is 19.9 Å². The summed E-state index contributed by atoms with van der Waals surface area (Å²) in [4.78, 5) is 0. The maximum absolute atomic E-state index is 6.41. The van der Waals surface area contributed by atoms with E-state index in [1.807, 2.05) is 11.7 Å². The van der Waals surface area contributed by atoms with E-state index in [4.69, 9.17) is 17.3 Å². The highest BCUT2D eigenvalue weighted by molar-refractivity contribution is 6.31. The summed E-state index contributed by atoms with van der Waals surface area (Å²) >= 11 is 6.39. The molecule has 0 spiro atoms. The van der Waals surface area contributed by atoms with Gasteiger partial charge in [-0.3, -0.25) is 4.68 Å². The van der Waals surface area contributed by atoms with E-state index < -0.39 is 0 Å². The molecule has 19 heavy (non-hydrogen) atoms. The Kier molecular flexibility index (Phi) is 6.87. The smallest absolute Gasteiger partial charge is 0.0850 e. The van der Waals surface area contributed by atoms with Crippen LogP contribution < -0.4 is 5.73 Å². The lowest BCUT2D eigenvalue weighted by Gasteiger charge is -2.23. The van der Waals surface area contributed by atoms with Crippen LogP contribution in [0.1, 0.15) is 57.8 Å². The van der Waals surface area contributed by atoms with Crippen LogP contribution in [0.4, 0.5) is 0 Å². The topological polar surface area (TPSA) is 43.8 Å². The molecule has 0 aliphatic carbocycles. The van der Waals surface area contributed by atoms with Crippen molar-refractivity contribution in [1.82, 2.24) is 9.78 Å². The number of halogens is 1. The van der Waals surface area contributed by atoms with Crippen molar-refractivity contribution in [3.63, 3.8) is 0 Å². The number of hydrogen-bond donors (Lipinski definition) is 1. The summed E-state index contributed by atoms with van der Waals surface area (Å²) in [7, 11) is 1.96. The minimum Gasteiger partial charge on any atom is -0.327 e. The van der Waals surface area contributed by atoms with E-state index in [2.05, 4.69) is 25.9 Å². The fourth-order valence-electron chi connectivity index (χ4n) is 2.75. The Morgan fingerprint density at radius 2 is 1.79 bits per heavy atom. The van der Waals surface area contributed by atoms with E-state index >= 15 is 0 Å². The lowest BCUT2D eigenvalue weighted by atomic mass is 9.88. The van der Waals surface area contributed by atoms with Gasteiger partial charge in [0.05, 0.1) is 16.4 Å². The molecular formula is C15H28ClN3. The lowest BCUT2D eigenvalue weighted by Crippen LogP contribution is -2.33. The van der Waals surface area contributed by atoms with Gasteiger partial charge in [-0.05, 0) is 25.2 Å². The van der Waals surface area contributed by atoms with Crippen LogP contribution in [0.2, 0.25) is 5.02 Å². The Morgan fingerprint density at radius 1 is 1.21 bits per heavy atom. The zero-order valence-electron chi connectivity index (χ0n) is 12.7. The van der Waals surface area contributed by atoms with Gasteiger partial charge in [0.1, 0.15) is 0 Å². The largest absolute Gasteiger partial charge is 0.327 e. The van der Waals surface area contributed by atoms with Crippen molar-refractivity contribution in [3.8, 4) is 0 Å². The number of nitrogens with zero attached hydrogens (tertiary/aromatic N) is 2. The van der Waals surface area contributed by atoms with Gasteiger partial charge in [-0.2, -0.15) is 5.10 Å². The van der Waals surface area contributed by atoms with E-state index in [1.165, 1.54) is 25.7 Å². The Bertz CT molecular complexity index is 381.